The van der Waals surface area contributed by atoms with E-state index < -0.39 is 10.7 Å². The first-order valence-electron chi connectivity index (χ1n) is 10.0. The quantitative estimate of drug-likeness (QED) is 0.449. The first-order valence-corrected chi connectivity index (χ1v) is 11.8. The van der Waals surface area contributed by atoms with Crippen LogP contribution in [0.25, 0.3) is 0 Å². The molecule has 2 amide bonds. The maximum Gasteiger partial charge on any atom is 0.256 e. The second kappa shape index (κ2) is 11.1. The van der Waals surface area contributed by atoms with Crippen molar-refractivity contribution >= 4 is 46.4 Å². The highest BCUT2D eigenvalue weighted by molar-refractivity contribution is 7.09. The van der Waals surface area contributed by atoms with Crippen LogP contribution in [0, 0.1) is 0 Å². The van der Waals surface area contributed by atoms with E-state index in [1.807, 2.05) is 35.7 Å². The van der Waals surface area contributed by atoms with E-state index in [-0.39, 0.29) is 18.5 Å². The fraction of sp³-hybridized carbons (Fsp3) is 0.455. The Morgan fingerprint density at radius 2 is 1.90 bits per heavy atom. The van der Waals surface area contributed by atoms with Gasteiger partial charge in [0.1, 0.15) is 6.54 Å². The van der Waals surface area contributed by atoms with Gasteiger partial charge in [-0.25, -0.2) is 0 Å². The number of alkyl halides is 2. The molecule has 1 aromatic heterocycles. The van der Waals surface area contributed by atoms with Crippen LogP contribution >= 0.6 is 34.5 Å². The minimum Gasteiger partial charge on any atom is -0.493 e. The van der Waals surface area contributed by atoms with Crippen molar-refractivity contribution < 1.29 is 19.1 Å². The Hall–Kier alpha value is -1.96. The Morgan fingerprint density at radius 3 is 2.48 bits per heavy atom. The lowest BCUT2D eigenvalue weighted by Gasteiger charge is -2.28. The molecule has 9 heteroatoms. The van der Waals surface area contributed by atoms with Gasteiger partial charge in [-0.1, -0.05) is 35.3 Å². The SMILES string of the molecule is COc1ccc(CCN(Cc2cccs2)C(=O)CN(C(=O)C(Cl)Cl)C2CC2)cc1OC. The van der Waals surface area contributed by atoms with Crippen molar-refractivity contribution in [2.24, 2.45) is 0 Å². The van der Waals surface area contributed by atoms with Crippen molar-refractivity contribution in [2.45, 2.75) is 36.7 Å². The van der Waals surface area contributed by atoms with Gasteiger partial charge in [-0.3, -0.25) is 9.59 Å². The van der Waals surface area contributed by atoms with E-state index in [1.54, 1.807) is 30.5 Å². The third-order valence-corrected chi connectivity index (χ3v) is 6.40. The molecule has 1 aliphatic rings. The third-order valence-electron chi connectivity index (χ3n) is 5.16. The second-order valence-corrected chi connectivity index (χ2v) is 9.46. The fourth-order valence-electron chi connectivity index (χ4n) is 3.33. The molecule has 31 heavy (non-hydrogen) atoms. The summed E-state index contributed by atoms with van der Waals surface area (Å²) in [7, 11) is 3.19. The maximum absolute atomic E-state index is 13.2. The monoisotopic (exact) mass is 484 g/mol. The number of nitrogens with zero attached hydrogens (tertiary/aromatic N) is 2. The number of hydrogen-bond donors (Lipinski definition) is 0. The van der Waals surface area contributed by atoms with E-state index in [9.17, 15) is 9.59 Å². The second-order valence-electron chi connectivity index (χ2n) is 7.33. The predicted molar refractivity (Wildman–Crippen MR) is 123 cm³/mol. The first kappa shape index (κ1) is 23.7. The summed E-state index contributed by atoms with van der Waals surface area (Å²) in [6.07, 6.45) is 2.38. The summed E-state index contributed by atoms with van der Waals surface area (Å²) in [5, 5.41) is 1.98. The predicted octanol–water partition coefficient (Wildman–Crippen LogP) is 4.13. The van der Waals surface area contributed by atoms with Gasteiger partial charge in [0.15, 0.2) is 16.3 Å². The van der Waals surface area contributed by atoms with E-state index in [0.717, 1.165) is 23.3 Å². The van der Waals surface area contributed by atoms with Gasteiger partial charge in [0.2, 0.25) is 5.91 Å². The number of thiophene rings is 1. The van der Waals surface area contributed by atoms with Gasteiger partial charge in [-0.2, -0.15) is 0 Å². The third kappa shape index (κ3) is 6.51. The summed E-state index contributed by atoms with van der Waals surface area (Å²) in [5.74, 6) is 0.781. The number of carbonyl (C=O) groups is 2. The van der Waals surface area contributed by atoms with Crippen LogP contribution < -0.4 is 9.47 Å². The lowest BCUT2D eigenvalue weighted by Crippen LogP contribution is -2.45. The molecule has 0 aliphatic heterocycles. The highest BCUT2D eigenvalue weighted by Gasteiger charge is 2.36. The Morgan fingerprint density at radius 1 is 1.16 bits per heavy atom. The number of rotatable bonds is 11. The summed E-state index contributed by atoms with van der Waals surface area (Å²) in [6.45, 7) is 0.975. The van der Waals surface area contributed by atoms with Crippen LogP contribution in [0.4, 0.5) is 0 Å². The summed E-state index contributed by atoms with van der Waals surface area (Å²) in [6, 6.07) is 9.74. The van der Waals surface area contributed by atoms with Crippen molar-refractivity contribution in [3.63, 3.8) is 0 Å². The largest absolute Gasteiger partial charge is 0.493 e. The standard InChI is InChI=1S/C22H26Cl2N2O4S/c1-29-18-8-5-15(12-19(18)30-2)9-10-25(13-17-4-3-11-31-17)20(27)14-26(16-6-7-16)22(28)21(23)24/h3-5,8,11-12,16,21H,6-7,9-10,13-14H2,1-2H3. The summed E-state index contributed by atoms with van der Waals surface area (Å²) in [5.41, 5.74) is 1.03. The average Bonchev–Trinajstić information content (AvgIpc) is 3.49. The molecule has 1 aliphatic carbocycles. The van der Waals surface area contributed by atoms with Crippen molar-refractivity contribution in [3.05, 3.63) is 46.2 Å². The molecule has 0 radical (unpaired) electrons. The highest BCUT2D eigenvalue weighted by atomic mass is 35.5. The van der Waals surface area contributed by atoms with Gasteiger partial charge in [-0.15, -0.1) is 11.3 Å². The highest BCUT2D eigenvalue weighted by Crippen LogP contribution is 2.29. The minimum atomic E-state index is -1.16. The minimum absolute atomic E-state index is 0.0171. The fourth-order valence-corrected chi connectivity index (χ4v) is 4.30. The molecule has 1 saturated carbocycles. The zero-order chi connectivity index (χ0) is 22.4. The molecule has 0 N–H and O–H groups in total. The van der Waals surface area contributed by atoms with Crippen molar-refractivity contribution in [1.29, 1.82) is 0 Å². The van der Waals surface area contributed by atoms with Gasteiger partial charge in [-0.05, 0) is 48.4 Å². The van der Waals surface area contributed by atoms with Crippen LogP contribution in [0.15, 0.2) is 35.7 Å². The number of benzene rings is 1. The van der Waals surface area contributed by atoms with Gasteiger partial charge >= 0.3 is 0 Å². The van der Waals surface area contributed by atoms with E-state index in [2.05, 4.69) is 0 Å². The van der Waals surface area contributed by atoms with Gasteiger partial charge in [0.25, 0.3) is 5.91 Å². The van der Waals surface area contributed by atoms with Crippen molar-refractivity contribution in [1.82, 2.24) is 9.80 Å². The Bertz CT molecular complexity index is 888. The maximum atomic E-state index is 13.2. The van der Waals surface area contributed by atoms with Crippen molar-refractivity contribution in [3.8, 4) is 11.5 Å². The number of carbonyl (C=O) groups excluding carboxylic acids is 2. The van der Waals surface area contributed by atoms with E-state index in [0.29, 0.717) is 31.0 Å². The summed E-state index contributed by atoms with van der Waals surface area (Å²) >= 11 is 13.2. The number of halogens is 2. The van der Waals surface area contributed by atoms with E-state index >= 15 is 0 Å². The molecule has 0 spiro atoms. The molecule has 1 aromatic carbocycles. The molecular formula is C22H26Cl2N2O4S. The molecule has 2 aromatic rings. The van der Waals surface area contributed by atoms with Crippen LogP contribution in [0.3, 0.4) is 0 Å². The Balaban J connectivity index is 1.71. The van der Waals surface area contributed by atoms with Gasteiger partial charge in [0, 0.05) is 17.5 Å². The van der Waals surface area contributed by atoms with Gasteiger partial charge in [0.05, 0.1) is 20.8 Å². The molecule has 6 nitrogen and oxygen atoms in total. The smallest absolute Gasteiger partial charge is 0.256 e. The van der Waals surface area contributed by atoms with Crippen molar-refractivity contribution in [2.75, 3.05) is 27.3 Å². The van der Waals surface area contributed by atoms with Crippen LogP contribution in [0.5, 0.6) is 11.5 Å². The average molecular weight is 485 g/mol. The molecular weight excluding hydrogens is 459 g/mol. The van der Waals surface area contributed by atoms with Crippen LogP contribution in [-0.2, 0) is 22.6 Å². The lowest BCUT2D eigenvalue weighted by molar-refractivity contribution is -0.140. The van der Waals surface area contributed by atoms with Crippen LogP contribution in [0.2, 0.25) is 0 Å². The summed E-state index contributed by atoms with van der Waals surface area (Å²) in [4.78, 5) is 28.8. The van der Waals surface area contributed by atoms with E-state index in [4.69, 9.17) is 32.7 Å². The van der Waals surface area contributed by atoms with Crippen LogP contribution in [-0.4, -0.2) is 59.8 Å². The number of amides is 2. The van der Waals surface area contributed by atoms with E-state index in [1.165, 1.54) is 4.90 Å². The first-order chi connectivity index (χ1) is 14.9. The number of methoxy groups -OCH3 is 2. The van der Waals surface area contributed by atoms with Gasteiger partial charge < -0.3 is 19.3 Å². The molecule has 0 atom stereocenters. The topological polar surface area (TPSA) is 59.1 Å². The molecule has 0 bridgehead atoms. The molecule has 3 rings (SSSR count). The molecule has 0 saturated heterocycles. The molecule has 168 valence electrons. The molecule has 1 fully saturated rings. The lowest BCUT2D eigenvalue weighted by atomic mass is 10.1. The Kier molecular flexibility index (Phi) is 8.46. The molecule has 1 heterocycles. The Labute approximate surface area is 196 Å². The zero-order valence-electron chi connectivity index (χ0n) is 17.6. The molecule has 0 unspecified atom stereocenters. The number of hydrogen-bond acceptors (Lipinski definition) is 5. The summed E-state index contributed by atoms with van der Waals surface area (Å²) < 4.78 is 10.7. The van der Waals surface area contributed by atoms with Crippen LogP contribution in [0.1, 0.15) is 23.3 Å². The number of ether oxygens (including phenoxy) is 2. The zero-order valence-corrected chi connectivity index (χ0v) is 19.9. The normalized spacial score (nSPS) is 13.2.